The molecule has 0 saturated carbocycles. The molecule has 0 bridgehead atoms. The molecule has 1 amide bonds. The van der Waals surface area contributed by atoms with Gasteiger partial charge in [-0.3, -0.25) is 9.69 Å². The fourth-order valence-corrected chi connectivity index (χ4v) is 3.65. The molecule has 0 N–H and O–H groups in total. The van der Waals surface area contributed by atoms with Crippen molar-refractivity contribution in [1.29, 1.82) is 0 Å². The van der Waals surface area contributed by atoms with Crippen molar-refractivity contribution in [1.82, 2.24) is 14.8 Å². The lowest BCUT2D eigenvalue weighted by Gasteiger charge is -2.35. The third kappa shape index (κ3) is 4.80. The number of aromatic nitrogens is 1. The van der Waals surface area contributed by atoms with Crippen LogP contribution in [-0.2, 0) is 6.54 Å². The fraction of sp³-hybridized carbons (Fsp3) is 0.368. The van der Waals surface area contributed by atoms with Crippen LogP contribution in [0.15, 0.2) is 47.6 Å². The number of benzene rings is 1. The number of hydrogen-bond donors (Lipinski definition) is 0. The van der Waals surface area contributed by atoms with Gasteiger partial charge in [0, 0.05) is 38.9 Å². The number of halogens is 2. The molecule has 2 heterocycles. The summed E-state index contributed by atoms with van der Waals surface area (Å²) in [5, 5.41) is 0.0923. The molecule has 0 spiro atoms. The summed E-state index contributed by atoms with van der Waals surface area (Å²) in [6, 6.07) is 11.6. The smallest absolute Gasteiger partial charge is 0.290 e. The van der Waals surface area contributed by atoms with E-state index >= 15 is 0 Å². The SMILES string of the molecule is Cc1cccc(CN2CCN(C(=O)c3cccnc3SC(F)F)CC2)c1. The summed E-state index contributed by atoms with van der Waals surface area (Å²) < 4.78 is 25.4. The van der Waals surface area contributed by atoms with Gasteiger partial charge in [-0.05, 0) is 36.4 Å². The predicted octanol–water partition coefficient (Wildman–Crippen LogP) is 3.66. The third-order valence-corrected chi connectivity index (χ3v) is 5.08. The number of aryl methyl sites for hydroxylation is 1. The molecule has 0 radical (unpaired) electrons. The van der Waals surface area contributed by atoms with Crippen LogP contribution >= 0.6 is 11.8 Å². The molecule has 1 aliphatic heterocycles. The molecule has 4 nitrogen and oxygen atoms in total. The number of rotatable bonds is 5. The van der Waals surface area contributed by atoms with Gasteiger partial charge in [-0.1, -0.05) is 29.8 Å². The molecular weight excluding hydrogens is 356 g/mol. The van der Waals surface area contributed by atoms with Gasteiger partial charge in [0.15, 0.2) is 0 Å². The maximum Gasteiger partial charge on any atom is 0.290 e. The number of thioether (sulfide) groups is 1. The minimum atomic E-state index is -2.59. The Morgan fingerprint density at radius 2 is 1.96 bits per heavy atom. The Labute approximate surface area is 156 Å². The van der Waals surface area contributed by atoms with Gasteiger partial charge in [-0.15, -0.1) is 0 Å². The molecule has 1 fully saturated rings. The highest BCUT2D eigenvalue weighted by Gasteiger charge is 2.25. The first-order valence-corrected chi connectivity index (χ1v) is 9.38. The standard InChI is InChI=1S/C19H21F2N3OS/c1-14-4-2-5-15(12-14)13-23-8-10-24(11-9-23)18(25)16-6-3-7-22-17(16)26-19(20)21/h2-7,12,19H,8-11,13H2,1H3. The molecule has 3 rings (SSSR count). The van der Waals surface area contributed by atoms with Crippen molar-refractivity contribution in [2.45, 2.75) is 24.3 Å². The van der Waals surface area contributed by atoms with Crippen molar-refractivity contribution in [3.05, 3.63) is 59.3 Å². The summed E-state index contributed by atoms with van der Waals surface area (Å²) in [5.41, 5.74) is 2.74. The van der Waals surface area contributed by atoms with Gasteiger partial charge in [0.05, 0.1) is 5.56 Å². The maximum atomic E-state index is 12.7. The summed E-state index contributed by atoms with van der Waals surface area (Å²) >= 11 is 0.319. The van der Waals surface area contributed by atoms with E-state index < -0.39 is 5.76 Å². The van der Waals surface area contributed by atoms with E-state index in [0.29, 0.717) is 24.9 Å². The largest absolute Gasteiger partial charge is 0.336 e. The van der Waals surface area contributed by atoms with Crippen LogP contribution in [0.3, 0.4) is 0 Å². The average Bonchev–Trinajstić information content (AvgIpc) is 2.62. The Morgan fingerprint density at radius 1 is 1.19 bits per heavy atom. The third-order valence-electron chi connectivity index (χ3n) is 4.35. The van der Waals surface area contributed by atoms with Crippen LogP contribution in [0.5, 0.6) is 0 Å². The highest BCUT2D eigenvalue weighted by atomic mass is 32.2. The highest BCUT2D eigenvalue weighted by Crippen LogP contribution is 2.27. The number of alkyl halides is 2. The number of carbonyl (C=O) groups is 1. The van der Waals surface area contributed by atoms with E-state index in [0.717, 1.165) is 19.6 Å². The van der Waals surface area contributed by atoms with Crippen molar-refractivity contribution in [3.63, 3.8) is 0 Å². The van der Waals surface area contributed by atoms with Crippen LogP contribution in [0, 0.1) is 6.92 Å². The summed E-state index contributed by atoms with van der Waals surface area (Å²) in [5.74, 6) is -2.82. The van der Waals surface area contributed by atoms with E-state index in [2.05, 4.69) is 41.1 Å². The number of piperazine rings is 1. The minimum Gasteiger partial charge on any atom is -0.336 e. The van der Waals surface area contributed by atoms with Crippen molar-refractivity contribution in [2.24, 2.45) is 0 Å². The number of hydrogen-bond acceptors (Lipinski definition) is 4. The zero-order valence-electron chi connectivity index (χ0n) is 14.6. The molecule has 1 saturated heterocycles. The molecule has 1 aromatic carbocycles. The van der Waals surface area contributed by atoms with Crippen LogP contribution in [0.2, 0.25) is 0 Å². The Kier molecular flexibility index (Phi) is 6.21. The van der Waals surface area contributed by atoms with Crippen LogP contribution in [0.4, 0.5) is 8.78 Å². The number of carbonyl (C=O) groups excluding carboxylic acids is 1. The first-order valence-electron chi connectivity index (χ1n) is 8.50. The lowest BCUT2D eigenvalue weighted by Crippen LogP contribution is -2.48. The molecule has 7 heteroatoms. The Hall–Kier alpha value is -1.99. The molecule has 138 valence electrons. The second kappa shape index (κ2) is 8.60. The van der Waals surface area contributed by atoms with E-state index in [1.165, 1.54) is 17.3 Å². The molecule has 0 unspecified atom stereocenters. The van der Waals surface area contributed by atoms with E-state index in [1.54, 1.807) is 17.0 Å². The summed E-state index contributed by atoms with van der Waals surface area (Å²) in [7, 11) is 0. The Balaban J connectivity index is 1.60. The minimum absolute atomic E-state index is 0.0923. The van der Waals surface area contributed by atoms with Crippen molar-refractivity contribution >= 4 is 17.7 Å². The molecular formula is C19H21F2N3OS. The van der Waals surface area contributed by atoms with Crippen molar-refractivity contribution in [3.8, 4) is 0 Å². The lowest BCUT2D eigenvalue weighted by molar-refractivity contribution is 0.0624. The number of nitrogens with zero attached hydrogens (tertiary/aromatic N) is 3. The van der Waals surface area contributed by atoms with E-state index in [1.807, 2.05) is 0 Å². The second-order valence-corrected chi connectivity index (χ2v) is 7.27. The van der Waals surface area contributed by atoms with Crippen LogP contribution in [-0.4, -0.2) is 52.6 Å². The monoisotopic (exact) mass is 377 g/mol. The van der Waals surface area contributed by atoms with Crippen LogP contribution in [0.1, 0.15) is 21.5 Å². The summed E-state index contributed by atoms with van der Waals surface area (Å²) in [6.45, 7) is 5.61. The molecule has 0 atom stereocenters. The fourth-order valence-electron chi connectivity index (χ4n) is 3.08. The van der Waals surface area contributed by atoms with Gasteiger partial charge >= 0.3 is 0 Å². The van der Waals surface area contributed by atoms with Gasteiger partial charge in [-0.2, -0.15) is 8.78 Å². The molecule has 0 aliphatic carbocycles. The normalized spacial score (nSPS) is 15.5. The molecule has 1 aromatic heterocycles. The maximum absolute atomic E-state index is 12.7. The van der Waals surface area contributed by atoms with E-state index in [-0.39, 0.29) is 16.5 Å². The molecule has 26 heavy (non-hydrogen) atoms. The molecule has 2 aromatic rings. The quantitative estimate of drug-likeness (QED) is 0.745. The summed E-state index contributed by atoms with van der Waals surface area (Å²) in [6.07, 6.45) is 1.43. The zero-order chi connectivity index (χ0) is 18.5. The predicted molar refractivity (Wildman–Crippen MR) is 98.5 cm³/mol. The van der Waals surface area contributed by atoms with Crippen molar-refractivity contribution < 1.29 is 13.6 Å². The first kappa shape index (κ1) is 18.8. The Bertz CT molecular complexity index is 764. The van der Waals surface area contributed by atoms with Gasteiger partial charge in [0.1, 0.15) is 5.03 Å². The van der Waals surface area contributed by atoms with Crippen LogP contribution < -0.4 is 0 Å². The van der Waals surface area contributed by atoms with Crippen LogP contribution in [0.25, 0.3) is 0 Å². The van der Waals surface area contributed by atoms with E-state index in [4.69, 9.17) is 0 Å². The number of pyridine rings is 1. The molecule has 1 aliphatic rings. The number of amides is 1. The van der Waals surface area contributed by atoms with Crippen molar-refractivity contribution in [2.75, 3.05) is 26.2 Å². The van der Waals surface area contributed by atoms with Gasteiger partial charge in [0.2, 0.25) is 0 Å². The van der Waals surface area contributed by atoms with Gasteiger partial charge in [-0.25, -0.2) is 4.98 Å². The summed E-state index contributed by atoms with van der Waals surface area (Å²) in [4.78, 5) is 20.7. The van der Waals surface area contributed by atoms with E-state index in [9.17, 15) is 13.6 Å². The zero-order valence-corrected chi connectivity index (χ0v) is 15.4. The van der Waals surface area contributed by atoms with Gasteiger partial charge in [0.25, 0.3) is 11.7 Å². The second-order valence-electron chi connectivity index (χ2n) is 6.29. The van der Waals surface area contributed by atoms with Gasteiger partial charge < -0.3 is 4.90 Å². The highest BCUT2D eigenvalue weighted by molar-refractivity contribution is 7.99. The first-order chi connectivity index (χ1) is 12.5. The lowest BCUT2D eigenvalue weighted by atomic mass is 10.1. The average molecular weight is 377 g/mol. The topological polar surface area (TPSA) is 36.4 Å². The Morgan fingerprint density at radius 3 is 2.65 bits per heavy atom.